The number of H-pyrrole nitrogens is 1. The molecule has 1 aliphatic rings. The first kappa shape index (κ1) is 17.1. The van der Waals surface area contributed by atoms with Crippen LogP contribution in [0.1, 0.15) is 16.8 Å². The smallest absolute Gasteiger partial charge is 0.410 e. The summed E-state index contributed by atoms with van der Waals surface area (Å²) in [6.45, 7) is 2.09. The van der Waals surface area contributed by atoms with Crippen molar-refractivity contribution in [3.63, 3.8) is 0 Å². The standard InChI is InChI=1S/C20H20N4O3/c25-19(15-7-8-17-18(13-15)22-14-21-17)23-9-4-10-24(12-11-23)20(26)27-16-5-2-1-3-6-16/h1-3,5-8,13-14H,4,9-12H2,(H,21,22). The summed E-state index contributed by atoms with van der Waals surface area (Å²) >= 11 is 0. The third-order valence-corrected chi connectivity index (χ3v) is 4.66. The maximum Gasteiger partial charge on any atom is 0.415 e. The third-order valence-electron chi connectivity index (χ3n) is 4.66. The fourth-order valence-corrected chi connectivity index (χ4v) is 3.21. The summed E-state index contributed by atoms with van der Waals surface area (Å²) in [5, 5.41) is 0. The Morgan fingerprint density at radius 3 is 2.59 bits per heavy atom. The zero-order valence-electron chi connectivity index (χ0n) is 14.8. The number of carbonyl (C=O) groups is 2. The highest BCUT2D eigenvalue weighted by atomic mass is 16.6. The van der Waals surface area contributed by atoms with Gasteiger partial charge in [0.25, 0.3) is 5.91 Å². The molecule has 7 nitrogen and oxygen atoms in total. The molecule has 2 amide bonds. The number of amides is 2. The first-order valence-electron chi connectivity index (χ1n) is 8.95. The number of imidazole rings is 1. The van der Waals surface area contributed by atoms with E-state index in [0.29, 0.717) is 43.9 Å². The molecule has 4 rings (SSSR count). The Morgan fingerprint density at radius 1 is 0.963 bits per heavy atom. The molecule has 0 atom stereocenters. The van der Waals surface area contributed by atoms with Gasteiger partial charge >= 0.3 is 6.09 Å². The van der Waals surface area contributed by atoms with Gasteiger partial charge < -0.3 is 19.5 Å². The summed E-state index contributed by atoms with van der Waals surface area (Å²) in [5.74, 6) is 0.484. The summed E-state index contributed by atoms with van der Waals surface area (Å²) in [4.78, 5) is 35.8. The molecule has 1 fully saturated rings. The van der Waals surface area contributed by atoms with E-state index in [4.69, 9.17) is 4.74 Å². The van der Waals surface area contributed by atoms with E-state index < -0.39 is 0 Å². The predicted molar refractivity (Wildman–Crippen MR) is 101 cm³/mol. The van der Waals surface area contributed by atoms with Crippen molar-refractivity contribution in [3.05, 3.63) is 60.4 Å². The van der Waals surface area contributed by atoms with Crippen LogP contribution in [0, 0.1) is 0 Å². The van der Waals surface area contributed by atoms with Crippen molar-refractivity contribution in [2.45, 2.75) is 6.42 Å². The van der Waals surface area contributed by atoms with E-state index in [0.717, 1.165) is 11.0 Å². The van der Waals surface area contributed by atoms with Crippen LogP contribution >= 0.6 is 0 Å². The highest BCUT2D eigenvalue weighted by Crippen LogP contribution is 2.16. The average molecular weight is 364 g/mol. The average Bonchev–Trinajstić information content (AvgIpc) is 3.02. The van der Waals surface area contributed by atoms with Crippen LogP contribution in [-0.4, -0.2) is 57.9 Å². The number of carbonyl (C=O) groups excluding carboxylic acids is 2. The first-order chi connectivity index (χ1) is 13.2. The fraction of sp³-hybridized carbons (Fsp3) is 0.250. The number of hydrogen-bond acceptors (Lipinski definition) is 4. The van der Waals surface area contributed by atoms with Gasteiger partial charge in [0.1, 0.15) is 5.75 Å². The quantitative estimate of drug-likeness (QED) is 0.758. The Hall–Kier alpha value is -3.35. The van der Waals surface area contributed by atoms with Gasteiger partial charge in [-0.05, 0) is 36.8 Å². The van der Waals surface area contributed by atoms with Crippen LogP contribution in [0.25, 0.3) is 11.0 Å². The Morgan fingerprint density at radius 2 is 1.74 bits per heavy atom. The number of nitrogens with one attached hydrogen (secondary N) is 1. The number of benzene rings is 2. The second-order valence-electron chi connectivity index (χ2n) is 6.45. The van der Waals surface area contributed by atoms with Crippen LogP contribution in [0.4, 0.5) is 4.79 Å². The molecular formula is C20H20N4O3. The molecule has 0 radical (unpaired) electrons. The molecule has 27 heavy (non-hydrogen) atoms. The van der Waals surface area contributed by atoms with E-state index >= 15 is 0 Å². The molecular weight excluding hydrogens is 344 g/mol. The molecule has 0 saturated carbocycles. The number of fused-ring (bicyclic) bond motifs is 1. The number of aromatic amines is 1. The molecule has 2 aromatic carbocycles. The van der Waals surface area contributed by atoms with Crippen molar-refractivity contribution in [3.8, 4) is 5.75 Å². The number of para-hydroxylation sites is 1. The van der Waals surface area contributed by atoms with Gasteiger partial charge in [-0.15, -0.1) is 0 Å². The number of rotatable bonds is 2. The molecule has 3 aromatic rings. The summed E-state index contributed by atoms with van der Waals surface area (Å²) in [6.07, 6.45) is 1.94. The molecule has 0 spiro atoms. The summed E-state index contributed by atoms with van der Waals surface area (Å²) in [7, 11) is 0. The normalized spacial score (nSPS) is 14.8. The van der Waals surface area contributed by atoms with Gasteiger partial charge in [-0.2, -0.15) is 0 Å². The van der Waals surface area contributed by atoms with Gasteiger partial charge in [0, 0.05) is 31.7 Å². The van der Waals surface area contributed by atoms with E-state index in [9.17, 15) is 9.59 Å². The molecule has 2 heterocycles. The molecule has 1 aliphatic heterocycles. The Balaban J connectivity index is 1.40. The lowest BCUT2D eigenvalue weighted by Crippen LogP contribution is -2.38. The van der Waals surface area contributed by atoms with Gasteiger partial charge in [-0.1, -0.05) is 18.2 Å². The summed E-state index contributed by atoms with van der Waals surface area (Å²) in [5.41, 5.74) is 2.29. The van der Waals surface area contributed by atoms with Crippen molar-refractivity contribution >= 4 is 23.0 Å². The lowest BCUT2D eigenvalue weighted by atomic mass is 10.1. The van der Waals surface area contributed by atoms with Gasteiger partial charge in [-0.3, -0.25) is 4.79 Å². The van der Waals surface area contributed by atoms with Gasteiger partial charge in [0.15, 0.2) is 0 Å². The van der Waals surface area contributed by atoms with Crippen LogP contribution in [0.15, 0.2) is 54.9 Å². The third kappa shape index (κ3) is 3.76. The van der Waals surface area contributed by atoms with Crippen molar-refractivity contribution in [1.29, 1.82) is 0 Å². The fourth-order valence-electron chi connectivity index (χ4n) is 3.21. The molecule has 1 saturated heterocycles. The highest BCUT2D eigenvalue weighted by Gasteiger charge is 2.24. The van der Waals surface area contributed by atoms with E-state index in [2.05, 4.69) is 9.97 Å². The Labute approximate surface area is 156 Å². The number of hydrogen-bond donors (Lipinski definition) is 1. The maximum absolute atomic E-state index is 12.8. The van der Waals surface area contributed by atoms with Crippen molar-refractivity contribution < 1.29 is 14.3 Å². The molecule has 7 heteroatoms. The van der Waals surface area contributed by atoms with Gasteiger partial charge in [0.2, 0.25) is 0 Å². The van der Waals surface area contributed by atoms with Gasteiger partial charge in [-0.25, -0.2) is 9.78 Å². The van der Waals surface area contributed by atoms with Crippen LogP contribution < -0.4 is 4.74 Å². The van der Waals surface area contributed by atoms with Crippen LogP contribution in [0.3, 0.4) is 0 Å². The van der Waals surface area contributed by atoms with Crippen LogP contribution in [0.2, 0.25) is 0 Å². The lowest BCUT2D eigenvalue weighted by molar-refractivity contribution is 0.0760. The molecule has 0 bridgehead atoms. The number of nitrogens with zero attached hydrogens (tertiary/aromatic N) is 3. The predicted octanol–water partition coefficient (Wildman–Crippen LogP) is 2.91. The summed E-state index contributed by atoms with van der Waals surface area (Å²) in [6, 6.07) is 14.4. The minimum Gasteiger partial charge on any atom is -0.410 e. The Kier molecular flexibility index (Phi) is 4.74. The zero-order valence-corrected chi connectivity index (χ0v) is 14.8. The minimum absolute atomic E-state index is 0.0372. The van der Waals surface area contributed by atoms with Crippen LogP contribution in [-0.2, 0) is 0 Å². The SMILES string of the molecule is O=C(Oc1ccccc1)N1CCCN(C(=O)c2ccc3nc[nH]c3c2)CC1. The molecule has 138 valence electrons. The van der Waals surface area contributed by atoms with Crippen LogP contribution in [0.5, 0.6) is 5.75 Å². The maximum atomic E-state index is 12.8. The van der Waals surface area contributed by atoms with Crippen molar-refractivity contribution in [2.75, 3.05) is 26.2 Å². The Bertz CT molecular complexity index is 954. The summed E-state index contributed by atoms with van der Waals surface area (Å²) < 4.78 is 5.40. The minimum atomic E-state index is -0.380. The first-order valence-corrected chi connectivity index (χ1v) is 8.95. The second kappa shape index (κ2) is 7.49. The topological polar surface area (TPSA) is 78.5 Å². The largest absolute Gasteiger partial charge is 0.415 e. The van der Waals surface area contributed by atoms with E-state index in [1.807, 2.05) is 30.3 Å². The molecule has 0 unspecified atom stereocenters. The number of aromatic nitrogens is 2. The van der Waals surface area contributed by atoms with E-state index in [1.165, 1.54) is 0 Å². The second-order valence-corrected chi connectivity index (χ2v) is 6.45. The molecule has 0 aliphatic carbocycles. The van der Waals surface area contributed by atoms with E-state index in [-0.39, 0.29) is 12.0 Å². The van der Waals surface area contributed by atoms with E-state index in [1.54, 1.807) is 34.3 Å². The van der Waals surface area contributed by atoms with Crippen molar-refractivity contribution in [1.82, 2.24) is 19.8 Å². The lowest BCUT2D eigenvalue weighted by Gasteiger charge is -2.22. The number of ether oxygens (including phenoxy) is 1. The molecule has 1 aromatic heterocycles. The monoisotopic (exact) mass is 364 g/mol. The van der Waals surface area contributed by atoms with Gasteiger partial charge in [0.05, 0.1) is 17.4 Å². The highest BCUT2D eigenvalue weighted by molar-refractivity contribution is 5.97. The molecule has 1 N–H and O–H groups in total. The zero-order chi connectivity index (χ0) is 18.6. The van der Waals surface area contributed by atoms with Crippen molar-refractivity contribution in [2.24, 2.45) is 0 Å².